The molecule has 9 heteroatoms. The minimum atomic E-state index is -4.40. The molecule has 3 aromatic rings. The van der Waals surface area contributed by atoms with Gasteiger partial charge in [-0.3, -0.25) is 10.00 Å². The Labute approximate surface area is 196 Å². The van der Waals surface area contributed by atoms with Crippen LogP contribution >= 0.6 is 0 Å². The molecule has 1 aliphatic heterocycles. The van der Waals surface area contributed by atoms with Gasteiger partial charge < -0.3 is 5.32 Å². The summed E-state index contributed by atoms with van der Waals surface area (Å²) in [6, 6.07) is 10.6. The van der Waals surface area contributed by atoms with Gasteiger partial charge in [0.05, 0.1) is 11.3 Å². The van der Waals surface area contributed by atoms with Crippen molar-refractivity contribution in [1.82, 2.24) is 20.1 Å². The fourth-order valence-corrected chi connectivity index (χ4v) is 4.71. The predicted molar refractivity (Wildman–Crippen MR) is 123 cm³/mol. The van der Waals surface area contributed by atoms with E-state index >= 15 is 0 Å². The second-order valence-electron chi connectivity index (χ2n) is 9.42. The van der Waals surface area contributed by atoms with E-state index in [0.29, 0.717) is 36.8 Å². The van der Waals surface area contributed by atoms with Gasteiger partial charge in [-0.1, -0.05) is 18.2 Å². The minimum Gasteiger partial charge on any atom is -0.323 e. The third kappa shape index (κ3) is 5.24. The highest BCUT2D eigenvalue weighted by molar-refractivity contribution is 5.51. The normalized spacial score (nSPS) is 16.1. The number of hydrogen-bond donors (Lipinski definition) is 2. The number of benzene rings is 1. The summed E-state index contributed by atoms with van der Waals surface area (Å²) in [6.45, 7) is 6.83. The molecule has 4 rings (SSSR count). The summed E-state index contributed by atoms with van der Waals surface area (Å²) in [5.41, 5.74) is 0.201. The topological polar surface area (TPSA) is 56.8 Å². The molecule has 0 aliphatic carbocycles. The number of piperidine rings is 1. The fourth-order valence-electron chi connectivity index (χ4n) is 4.71. The number of pyridine rings is 1. The van der Waals surface area contributed by atoms with Crippen LogP contribution in [0.1, 0.15) is 49.2 Å². The predicted octanol–water partition coefficient (Wildman–Crippen LogP) is 6.20. The number of aromatic nitrogens is 3. The lowest BCUT2D eigenvalue weighted by Gasteiger charge is -2.44. The Bertz CT molecular complexity index is 1130. The molecule has 0 bridgehead atoms. The zero-order valence-electron chi connectivity index (χ0n) is 19.5. The summed E-state index contributed by atoms with van der Waals surface area (Å²) in [7, 11) is 0. The van der Waals surface area contributed by atoms with Gasteiger partial charge in [-0.2, -0.15) is 18.3 Å². The number of rotatable bonds is 6. The number of aryl methyl sites for hydroxylation is 1. The first-order valence-corrected chi connectivity index (χ1v) is 11.4. The molecule has 3 heterocycles. The van der Waals surface area contributed by atoms with Crippen LogP contribution < -0.4 is 5.32 Å². The van der Waals surface area contributed by atoms with Gasteiger partial charge >= 0.3 is 6.18 Å². The van der Waals surface area contributed by atoms with Crippen molar-refractivity contribution in [3.8, 4) is 0 Å². The first-order valence-electron chi connectivity index (χ1n) is 11.4. The van der Waals surface area contributed by atoms with Crippen LogP contribution in [0.3, 0.4) is 0 Å². The van der Waals surface area contributed by atoms with Gasteiger partial charge in [-0.25, -0.2) is 9.37 Å². The van der Waals surface area contributed by atoms with E-state index in [1.165, 1.54) is 12.1 Å². The largest absolute Gasteiger partial charge is 0.416 e. The molecule has 0 amide bonds. The Morgan fingerprint density at radius 1 is 1.03 bits per heavy atom. The van der Waals surface area contributed by atoms with Gasteiger partial charge in [0.15, 0.2) is 5.82 Å². The molecule has 0 radical (unpaired) electrons. The Hall–Kier alpha value is -2.94. The van der Waals surface area contributed by atoms with E-state index in [4.69, 9.17) is 0 Å². The lowest BCUT2D eigenvalue weighted by Crippen LogP contribution is -2.47. The monoisotopic (exact) mass is 475 g/mol. The number of hydrogen-bond acceptors (Lipinski definition) is 4. The third-order valence-corrected chi connectivity index (χ3v) is 6.66. The van der Waals surface area contributed by atoms with Crippen molar-refractivity contribution in [1.29, 1.82) is 0 Å². The molecule has 0 atom stereocenters. The SMILES string of the molecule is Cc1cc(Nc2ccc(F)c(CC3CCN(C(C)(C)c4ccccc4C(F)(F)F)CC3)n2)n[nH]1. The molecular weight excluding hydrogens is 446 g/mol. The molecule has 1 aliphatic rings. The number of halogens is 4. The lowest BCUT2D eigenvalue weighted by atomic mass is 9.84. The van der Waals surface area contributed by atoms with Crippen LogP contribution in [0.2, 0.25) is 0 Å². The van der Waals surface area contributed by atoms with Gasteiger partial charge in [0.25, 0.3) is 0 Å². The number of nitrogens with one attached hydrogen (secondary N) is 2. The fraction of sp³-hybridized carbons (Fsp3) is 0.440. The maximum atomic E-state index is 14.5. The summed E-state index contributed by atoms with van der Waals surface area (Å²) < 4.78 is 55.2. The summed E-state index contributed by atoms with van der Waals surface area (Å²) in [5, 5.41) is 10.0. The number of aromatic amines is 1. The van der Waals surface area contributed by atoms with Crippen molar-refractivity contribution in [3.63, 3.8) is 0 Å². The van der Waals surface area contributed by atoms with Crippen molar-refractivity contribution in [2.75, 3.05) is 18.4 Å². The second-order valence-corrected chi connectivity index (χ2v) is 9.42. The van der Waals surface area contributed by atoms with E-state index in [1.807, 2.05) is 26.8 Å². The van der Waals surface area contributed by atoms with E-state index < -0.39 is 17.3 Å². The van der Waals surface area contributed by atoms with E-state index in [2.05, 4.69) is 25.4 Å². The first kappa shape index (κ1) is 24.2. The molecule has 2 N–H and O–H groups in total. The van der Waals surface area contributed by atoms with Gasteiger partial charge in [-0.05, 0) is 82.8 Å². The van der Waals surface area contributed by atoms with Crippen LogP contribution in [0.25, 0.3) is 0 Å². The van der Waals surface area contributed by atoms with Crippen molar-refractivity contribution in [2.24, 2.45) is 5.92 Å². The average Bonchev–Trinajstić information content (AvgIpc) is 3.20. The first-order chi connectivity index (χ1) is 16.0. The van der Waals surface area contributed by atoms with Crippen LogP contribution in [-0.2, 0) is 18.1 Å². The molecule has 1 aromatic carbocycles. The molecular formula is C25H29F4N5. The second kappa shape index (κ2) is 9.37. The molecule has 0 spiro atoms. The van der Waals surface area contributed by atoms with Gasteiger partial charge in [0.1, 0.15) is 11.6 Å². The van der Waals surface area contributed by atoms with Gasteiger partial charge in [-0.15, -0.1) is 0 Å². The van der Waals surface area contributed by atoms with Crippen LogP contribution in [0.15, 0.2) is 42.5 Å². The number of likely N-dealkylation sites (tertiary alicyclic amines) is 1. The minimum absolute atomic E-state index is 0.204. The van der Waals surface area contributed by atoms with Crippen molar-refractivity contribution < 1.29 is 17.6 Å². The quantitative estimate of drug-likeness (QED) is 0.417. The Morgan fingerprint density at radius 2 is 1.71 bits per heavy atom. The standard InChI is InChI=1S/C25H29F4N5/c1-16-14-23(33-32-16)31-22-9-8-20(26)21(30-22)15-17-10-12-34(13-11-17)24(2,3)18-6-4-5-7-19(18)25(27,28)29/h4-9,14,17H,10-13,15H2,1-3H3,(H2,30,31,32,33). The zero-order chi connectivity index (χ0) is 24.5. The molecule has 1 fully saturated rings. The molecule has 5 nitrogen and oxygen atoms in total. The Morgan fingerprint density at radius 3 is 2.32 bits per heavy atom. The third-order valence-electron chi connectivity index (χ3n) is 6.66. The van der Waals surface area contributed by atoms with Crippen LogP contribution in [0.5, 0.6) is 0 Å². The maximum absolute atomic E-state index is 14.5. The molecule has 182 valence electrons. The van der Waals surface area contributed by atoms with E-state index in [9.17, 15) is 17.6 Å². The highest BCUT2D eigenvalue weighted by atomic mass is 19.4. The number of H-pyrrole nitrogens is 1. The number of alkyl halides is 3. The van der Waals surface area contributed by atoms with Crippen molar-refractivity contribution in [2.45, 2.75) is 51.7 Å². The van der Waals surface area contributed by atoms with Crippen molar-refractivity contribution >= 4 is 11.6 Å². The smallest absolute Gasteiger partial charge is 0.323 e. The highest BCUT2D eigenvalue weighted by Gasteiger charge is 2.40. The average molecular weight is 476 g/mol. The Balaban J connectivity index is 1.42. The van der Waals surface area contributed by atoms with Gasteiger partial charge in [0.2, 0.25) is 0 Å². The molecule has 34 heavy (non-hydrogen) atoms. The molecule has 0 saturated carbocycles. The number of nitrogens with zero attached hydrogens (tertiary/aromatic N) is 3. The molecule has 2 aromatic heterocycles. The van der Waals surface area contributed by atoms with E-state index in [-0.39, 0.29) is 17.3 Å². The lowest BCUT2D eigenvalue weighted by molar-refractivity contribution is -0.139. The van der Waals surface area contributed by atoms with Crippen LogP contribution in [0.4, 0.5) is 29.2 Å². The highest BCUT2D eigenvalue weighted by Crippen LogP contribution is 2.40. The summed E-state index contributed by atoms with van der Waals surface area (Å²) in [6.07, 6.45) is -2.40. The zero-order valence-corrected chi connectivity index (χ0v) is 19.5. The van der Waals surface area contributed by atoms with Gasteiger partial charge in [0, 0.05) is 17.3 Å². The van der Waals surface area contributed by atoms with Crippen LogP contribution in [0, 0.1) is 18.7 Å². The number of anilines is 2. The summed E-state index contributed by atoms with van der Waals surface area (Å²) in [5.74, 6) is 0.975. The molecule has 1 saturated heterocycles. The Kier molecular flexibility index (Phi) is 6.66. The maximum Gasteiger partial charge on any atom is 0.416 e. The van der Waals surface area contributed by atoms with Crippen molar-refractivity contribution in [3.05, 3.63) is 70.8 Å². The summed E-state index contributed by atoms with van der Waals surface area (Å²) in [4.78, 5) is 6.54. The van der Waals surface area contributed by atoms with Crippen LogP contribution in [-0.4, -0.2) is 33.2 Å². The van der Waals surface area contributed by atoms with E-state index in [1.54, 1.807) is 18.2 Å². The van der Waals surface area contributed by atoms with E-state index in [0.717, 1.165) is 24.6 Å². The summed E-state index contributed by atoms with van der Waals surface area (Å²) >= 11 is 0. The molecule has 0 unspecified atom stereocenters.